The highest BCUT2D eigenvalue weighted by molar-refractivity contribution is 5.74. The highest BCUT2D eigenvalue weighted by Gasteiger charge is 2.25. The van der Waals surface area contributed by atoms with Crippen molar-refractivity contribution in [2.75, 3.05) is 0 Å². The van der Waals surface area contributed by atoms with Gasteiger partial charge in [-0.1, -0.05) is 13.8 Å². The molecule has 0 aromatic carbocycles. The van der Waals surface area contributed by atoms with Gasteiger partial charge in [0.25, 0.3) is 0 Å². The second-order valence-electron chi connectivity index (χ2n) is 6.98. The van der Waals surface area contributed by atoms with Crippen molar-refractivity contribution in [3.05, 3.63) is 0 Å². The van der Waals surface area contributed by atoms with Crippen LogP contribution in [0.2, 0.25) is 0 Å². The second kappa shape index (κ2) is 7.30. The summed E-state index contributed by atoms with van der Waals surface area (Å²) in [6, 6.07) is 0.573. The van der Waals surface area contributed by atoms with Crippen LogP contribution in [0, 0.1) is 11.8 Å². The molecule has 0 bridgehead atoms. The molecule has 0 aromatic rings. The lowest BCUT2D eigenvalue weighted by molar-refractivity contribution is 0.117. The van der Waals surface area contributed by atoms with Gasteiger partial charge < -0.3 is 15.7 Å². The molecule has 116 valence electrons. The van der Waals surface area contributed by atoms with Gasteiger partial charge in [-0.15, -0.1) is 0 Å². The van der Waals surface area contributed by atoms with Crippen LogP contribution in [0.15, 0.2) is 0 Å². The van der Waals surface area contributed by atoms with Crippen LogP contribution in [0.3, 0.4) is 0 Å². The number of aliphatic hydroxyl groups excluding tert-OH is 1. The number of amides is 2. The van der Waals surface area contributed by atoms with Crippen molar-refractivity contribution in [1.29, 1.82) is 0 Å². The summed E-state index contributed by atoms with van der Waals surface area (Å²) in [6.45, 7) is 4.59. The Kier molecular flexibility index (Phi) is 5.70. The second-order valence-corrected chi connectivity index (χ2v) is 6.98. The van der Waals surface area contributed by atoms with Crippen molar-refractivity contribution in [3.8, 4) is 0 Å². The summed E-state index contributed by atoms with van der Waals surface area (Å²) < 4.78 is 0. The average molecular weight is 282 g/mol. The highest BCUT2D eigenvalue weighted by atomic mass is 16.3. The van der Waals surface area contributed by atoms with Crippen molar-refractivity contribution < 1.29 is 9.90 Å². The minimum absolute atomic E-state index is 0.0145. The quantitative estimate of drug-likeness (QED) is 0.745. The van der Waals surface area contributed by atoms with Gasteiger partial charge in [0.1, 0.15) is 0 Å². The third-order valence-corrected chi connectivity index (χ3v) is 5.08. The minimum Gasteiger partial charge on any atom is -0.393 e. The van der Waals surface area contributed by atoms with Gasteiger partial charge in [-0.05, 0) is 63.2 Å². The van der Waals surface area contributed by atoms with E-state index in [4.69, 9.17) is 0 Å². The maximum Gasteiger partial charge on any atom is 0.315 e. The van der Waals surface area contributed by atoms with Crippen molar-refractivity contribution in [2.45, 2.75) is 83.4 Å². The van der Waals surface area contributed by atoms with E-state index in [0.717, 1.165) is 50.4 Å². The normalized spacial score (nSPS) is 34.8. The Hall–Kier alpha value is -0.770. The van der Waals surface area contributed by atoms with E-state index >= 15 is 0 Å². The van der Waals surface area contributed by atoms with Crippen LogP contribution >= 0.6 is 0 Å². The molecule has 0 aromatic heterocycles. The van der Waals surface area contributed by atoms with E-state index in [9.17, 15) is 9.90 Å². The van der Waals surface area contributed by atoms with Crippen molar-refractivity contribution in [3.63, 3.8) is 0 Å². The molecule has 2 fully saturated rings. The number of urea groups is 1. The van der Waals surface area contributed by atoms with Gasteiger partial charge in [-0.2, -0.15) is 0 Å². The number of hydrogen-bond donors (Lipinski definition) is 3. The molecule has 0 radical (unpaired) electrons. The zero-order valence-corrected chi connectivity index (χ0v) is 12.9. The molecular weight excluding hydrogens is 252 g/mol. The van der Waals surface area contributed by atoms with Gasteiger partial charge in [0, 0.05) is 12.1 Å². The fourth-order valence-corrected chi connectivity index (χ4v) is 3.56. The molecule has 0 aliphatic heterocycles. The fraction of sp³-hybridized carbons (Fsp3) is 0.938. The number of carbonyl (C=O) groups is 1. The third-order valence-electron chi connectivity index (χ3n) is 5.08. The number of carbonyl (C=O) groups excluding carboxylic acids is 1. The van der Waals surface area contributed by atoms with Crippen LogP contribution in [-0.4, -0.2) is 29.3 Å². The SMILES string of the molecule is CC(C)C1CCC(NC(=O)NC2CCC(O)CC2)CC1. The lowest BCUT2D eigenvalue weighted by Crippen LogP contribution is -2.48. The zero-order valence-electron chi connectivity index (χ0n) is 12.9. The number of aliphatic hydroxyl groups is 1. The third kappa shape index (κ3) is 4.65. The molecule has 2 amide bonds. The van der Waals surface area contributed by atoms with E-state index in [1.807, 2.05) is 0 Å². The number of nitrogens with one attached hydrogen (secondary N) is 2. The van der Waals surface area contributed by atoms with E-state index in [-0.39, 0.29) is 18.2 Å². The summed E-state index contributed by atoms with van der Waals surface area (Å²) in [6.07, 6.45) is 7.94. The zero-order chi connectivity index (χ0) is 14.5. The number of rotatable bonds is 3. The Balaban J connectivity index is 1.65. The fourth-order valence-electron chi connectivity index (χ4n) is 3.56. The first-order chi connectivity index (χ1) is 9.54. The van der Waals surface area contributed by atoms with Gasteiger partial charge >= 0.3 is 6.03 Å². The molecule has 2 aliphatic rings. The Morgan fingerprint density at radius 1 is 0.900 bits per heavy atom. The van der Waals surface area contributed by atoms with Crippen LogP contribution in [-0.2, 0) is 0 Å². The standard InChI is InChI=1S/C16H30N2O2/c1-11(2)12-3-5-13(6-4-12)17-16(20)18-14-7-9-15(19)10-8-14/h11-15,19H,3-10H2,1-2H3,(H2,17,18,20). The molecule has 0 unspecified atom stereocenters. The van der Waals surface area contributed by atoms with E-state index in [2.05, 4.69) is 24.5 Å². The van der Waals surface area contributed by atoms with Crippen molar-refractivity contribution in [1.82, 2.24) is 10.6 Å². The van der Waals surface area contributed by atoms with Crippen LogP contribution in [0.1, 0.15) is 65.2 Å². The molecule has 2 saturated carbocycles. The molecular formula is C16H30N2O2. The van der Waals surface area contributed by atoms with Crippen molar-refractivity contribution in [2.24, 2.45) is 11.8 Å². The maximum atomic E-state index is 12.0. The van der Waals surface area contributed by atoms with Gasteiger partial charge in [-0.3, -0.25) is 0 Å². The molecule has 2 aliphatic carbocycles. The topological polar surface area (TPSA) is 61.4 Å². The molecule has 4 heteroatoms. The van der Waals surface area contributed by atoms with Gasteiger partial charge in [-0.25, -0.2) is 4.79 Å². The molecule has 4 nitrogen and oxygen atoms in total. The van der Waals surface area contributed by atoms with Crippen LogP contribution in [0.5, 0.6) is 0 Å². The predicted molar refractivity (Wildman–Crippen MR) is 80.5 cm³/mol. The molecule has 0 heterocycles. The average Bonchev–Trinajstić information content (AvgIpc) is 2.42. The van der Waals surface area contributed by atoms with Crippen LogP contribution in [0.25, 0.3) is 0 Å². The van der Waals surface area contributed by atoms with E-state index in [1.165, 1.54) is 12.8 Å². The van der Waals surface area contributed by atoms with Crippen LogP contribution < -0.4 is 10.6 Å². The lowest BCUT2D eigenvalue weighted by Gasteiger charge is -2.32. The summed E-state index contributed by atoms with van der Waals surface area (Å²) >= 11 is 0. The molecule has 20 heavy (non-hydrogen) atoms. The van der Waals surface area contributed by atoms with E-state index in [0.29, 0.717) is 6.04 Å². The predicted octanol–water partition coefficient (Wildman–Crippen LogP) is 2.80. The molecule has 0 saturated heterocycles. The summed E-state index contributed by atoms with van der Waals surface area (Å²) in [4.78, 5) is 12.0. The van der Waals surface area contributed by atoms with E-state index < -0.39 is 0 Å². The summed E-state index contributed by atoms with van der Waals surface area (Å²) in [7, 11) is 0. The van der Waals surface area contributed by atoms with E-state index in [1.54, 1.807) is 0 Å². The van der Waals surface area contributed by atoms with Crippen molar-refractivity contribution >= 4 is 6.03 Å². The monoisotopic (exact) mass is 282 g/mol. The Labute approximate surface area is 122 Å². The van der Waals surface area contributed by atoms with Gasteiger partial charge in [0.2, 0.25) is 0 Å². The summed E-state index contributed by atoms with van der Waals surface area (Å²) in [5.74, 6) is 1.59. The van der Waals surface area contributed by atoms with Crippen LogP contribution in [0.4, 0.5) is 4.79 Å². The smallest absolute Gasteiger partial charge is 0.315 e. The molecule has 3 N–H and O–H groups in total. The first-order valence-electron chi connectivity index (χ1n) is 8.29. The van der Waals surface area contributed by atoms with Gasteiger partial charge in [0.15, 0.2) is 0 Å². The maximum absolute atomic E-state index is 12.0. The lowest BCUT2D eigenvalue weighted by atomic mass is 9.80. The molecule has 0 atom stereocenters. The summed E-state index contributed by atoms with van der Waals surface area (Å²) in [5.41, 5.74) is 0. The van der Waals surface area contributed by atoms with Gasteiger partial charge in [0.05, 0.1) is 6.10 Å². The first kappa shape index (κ1) is 15.6. The number of hydrogen-bond acceptors (Lipinski definition) is 2. The molecule has 2 rings (SSSR count). The highest BCUT2D eigenvalue weighted by Crippen LogP contribution is 2.29. The molecule has 0 spiro atoms. The Morgan fingerprint density at radius 2 is 1.35 bits per heavy atom. The first-order valence-corrected chi connectivity index (χ1v) is 8.29. The Morgan fingerprint density at radius 3 is 1.80 bits per heavy atom. The minimum atomic E-state index is -0.164. The summed E-state index contributed by atoms with van der Waals surface area (Å²) in [5, 5.41) is 15.6. The largest absolute Gasteiger partial charge is 0.393 e. The Bertz CT molecular complexity index is 304.